The Kier molecular flexibility index (Phi) is 2.81. The summed E-state index contributed by atoms with van der Waals surface area (Å²) in [5.74, 6) is -0.652. The van der Waals surface area contributed by atoms with Crippen molar-refractivity contribution in [1.82, 2.24) is 0 Å². The fourth-order valence-corrected chi connectivity index (χ4v) is 1.59. The van der Waals surface area contributed by atoms with Crippen LogP contribution in [-0.2, 0) is 0 Å². The van der Waals surface area contributed by atoms with Crippen molar-refractivity contribution in [3.05, 3.63) is 11.4 Å². The quantitative estimate of drug-likeness (QED) is 0.518. The molecule has 1 nitrogen and oxygen atoms in total. The van der Waals surface area contributed by atoms with Crippen LogP contribution in [0, 0.1) is 12.5 Å². The fraction of sp³-hybridized carbons (Fsp3) is 0.875. The smallest absolute Gasteiger partial charge is 0.248 e. The first-order valence-electron chi connectivity index (χ1n) is 3.90. The molecule has 0 aromatic rings. The molecule has 0 spiro atoms. The van der Waals surface area contributed by atoms with E-state index in [9.17, 15) is 8.78 Å². The van der Waals surface area contributed by atoms with Crippen molar-refractivity contribution >= 4 is 0 Å². The maximum atomic E-state index is 12.2. The maximum absolute atomic E-state index is 12.2. The van der Waals surface area contributed by atoms with Crippen molar-refractivity contribution in [3.8, 4) is 0 Å². The summed E-state index contributed by atoms with van der Waals surface area (Å²) in [6.45, 7) is 6.71. The molecule has 0 aromatic heterocycles. The highest BCUT2D eigenvalue weighted by Crippen LogP contribution is 2.31. The van der Waals surface area contributed by atoms with Gasteiger partial charge in [-0.15, -0.1) is 0 Å². The van der Waals surface area contributed by atoms with E-state index in [0.717, 1.165) is 12.8 Å². The Morgan fingerprint density at radius 3 is 2.36 bits per heavy atom. The van der Waals surface area contributed by atoms with E-state index in [1.165, 1.54) is 0 Å². The molecule has 0 heterocycles. The lowest BCUT2D eigenvalue weighted by molar-refractivity contribution is 0.0523. The molecular formula is C8H11F2N. The van der Waals surface area contributed by atoms with Gasteiger partial charge in [-0.25, -0.2) is 15.4 Å². The van der Waals surface area contributed by atoms with E-state index in [-0.39, 0.29) is 0 Å². The van der Waals surface area contributed by atoms with Crippen LogP contribution in [0.25, 0.3) is 4.85 Å². The van der Waals surface area contributed by atoms with E-state index >= 15 is 0 Å². The largest absolute Gasteiger partial charge is 0.313 e. The minimum Gasteiger partial charge on any atom is -0.313 e. The molecule has 0 N–H and O–H groups in total. The molecule has 2 unspecified atom stereocenters. The van der Waals surface area contributed by atoms with E-state index in [1.807, 2.05) is 0 Å². The number of hydrogen-bond donors (Lipinski definition) is 0. The van der Waals surface area contributed by atoms with Gasteiger partial charge in [0.05, 0.1) is 5.92 Å². The van der Waals surface area contributed by atoms with Crippen molar-refractivity contribution in [1.29, 1.82) is 0 Å². The predicted molar refractivity (Wildman–Crippen MR) is 38.4 cm³/mol. The van der Waals surface area contributed by atoms with Crippen LogP contribution in [0.1, 0.15) is 25.7 Å². The topological polar surface area (TPSA) is 4.36 Å². The van der Waals surface area contributed by atoms with Crippen molar-refractivity contribution in [2.45, 2.75) is 38.2 Å². The zero-order valence-corrected chi connectivity index (χ0v) is 6.26. The van der Waals surface area contributed by atoms with Crippen LogP contribution in [0.3, 0.4) is 0 Å². The molecule has 1 fully saturated rings. The Morgan fingerprint density at radius 1 is 1.27 bits per heavy atom. The van der Waals surface area contributed by atoms with Gasteiger partial charge in [0.1, 0.15) is 0 Å². The maximum Gasteiger partial charge on any atom is 0.248 e. The van der Waals surface area contributed by atoms with Gasteiger partial charge >= 0.3 is 0 Å². The normalized spacial score (nSPS) is 31.8. The average Bonchev–Trinajstić information content (AvgIpc) is 2.04. The van der Waals surface area contributed by atoms with Gasteiger partial charge < -0.3 is 4.85 Å². The van der Waals surface area contributed by atoms with E-state index < -0.39 is 18.4 Å². The molecule has 0 aromatic carbocycles. The van der Waals surface area contributed by atoms with Gasteiger partial charge in [0, 0.05) is 6.42 Å². The van der Waals surface area contributed by atoms with Gasteiger partial charge in [-0.1, -0.05) is 6.42 Å². The third-order valence-corrected chi connectivity index (χ3v) is 2.27. The van der Waals surface area contributed by atoms with E-state index in [2.05, 4.69) is 4.85 Å². The predicted octanol–water partition coefficient (Wildman–Crippen LogP) is 2.73. The summed E-state index contributed by atoms with van der Waals surface area (Å²) in [6.07, 6.45) is 0.704. The first kappa shape index (κ1) is 8.45. The average molecular weight is 159 g/mol. The molecule has 0 amide bonds. The van der Waals surface area contributed by atoms with Crippen LogP contribution in [0.4, 0.5) is 8.78 Å². The number of alkyl halides is 2. The lowest BCUT2D eigenvalue weighted by atomic mass is 9.85. The van der Waals surface area contributed by atoms with Crippen molar-refractivity contribution in [3.63, 3.8) is 0 Å². The monoisotopic (exact) mass is 159 g/mol. The Hall–Kier alpha value is -0.650. The van der Waals surface area contributed by atoms with Crippen molar-refractivity contribution < 1.29 is 8.78 Å². The molecule has 1 saturated carbocycles. The summed E-state index contributed by atoms with van der Waals surface area (Å²) < 4.78 is 24.4. The molecular weight excluding hydrogens is 148 g/mol. The summed E-state index contributed by atoms with van der Waals surface area (Å²) in [5.41, 5.74) is 0. The molecule has 0 radical (unpaired) electrons. The van der Waals surface area contributed by atoms with E-state index in [1.54, 1.807) is 0 Å². The van der Waals surface area contributed by atoms with Crippen LogP contribution in [-0.4, -0.2) is 12.5 Å². The number of halogens is 2. The van der Waals surface area contributed by atoms with Gasteiger partial charge in [-0.2, -0.15) is 0 Å². The second-order valence-corrected chi connectivity index (χ2v) is 2.98. The second-order valence-electron chi connectivity index (χ2n) is 2.98. The second kappa shape index (κ2) is 3.66. The Balaban J connectivity index is 2.53. The SMILES string of the molecule is [C-]#[N+]C1CCCCC1C(F)F. The first-order chi connectivity index (χ1) is 5.25. The minimum absolute atomic E-state index is 0.413. The summed E-state index contributed by atoms with van der Waals surface area (Å²) in [7, 11) is 0. The van der Waals surface area contributed by atoms with Crippen LogP contribution in [0.2, 0.25) is 0 Å². The number of nitrogens with zero attached hydrogens (tertiary/aromatic N) is 1. The molecule has 1 rings (SSSR count). The molecule has 0 bridgehead atoms. The summed E-state index contributed by atoms with van der Waals surface area (Å²) in [6, 6.07) is -0.413. The molecule has 62 valence electrons. The highest BCUT2D eigenvalue weighted by Gasteiger charge is 2.36. The Labute approximate surface area is 65.2 Å². The highest BCUT2D eigenvalue weighted by atomic mass is 19.3. The molecule has 1 aliphatic rings. The Morgan fingerprint density at radius 2 is 1.91 bits per heavy atom. The van der Waals surface area contributed by atoms with Crippen LogP contribution >= 0.6 is 0 Å². The molecule has 11 heavy (non-hydrogen) atoms. The lowest BCUT2D eigenvalue weighted by Crippen LogP contribution is -2.27. The summed E-state index contributed by atoms with van der Waals surface area (Å²) in [5, 5.41) is 0. The van der Waals surface area contributed by atoms with Gasteiger partial charge in [0.2, 0.25) is 12.5 Å². The highest BCUT2D eigenvalue weighted by molar-refractivity contribution is 4.89. The molecule has 1 aliphatic carbocycles. The number of hydrogen-bond acceptors (Lipinski definition) is 0. The van der Waals surface area contributed by atoms with E-state index in [0.29, 0.717) is 12.8 Å². The molecule has 0 saturated heterocycles. The third kappa shape index (κ3) is 1.89. The molecule has 2 atom stereocenters. The molecule has 0 aliphatic heterocycles. The van der Waals surface area contributed by atoms with Crippen LogP contribution in [0.15, 0.2) is 0 Å². The number of rotatable bonds is 1. The minimum atomic E-state index is -2.30. The summed E-state index contributed by atoms with van der Waals surface area (Å²) in [4.78, 5) is 3.22. The van der Waals surface area contributed by atoms with Gasteiger partial charge in [-0.3, -0.25) is 0 Å². The van der Waals surface area contributed by atoms with Crippen molar-refractivity contribution in [2.24, 2.45) is 5.92 Å². The van der Waals surface area contributed by atoms with Gasteiger partial charge in [-0.05, 0) is 12.8 Å². The van der Waals surface area contributed by atoms with Crippen LogP contribution in [0.5, 0.6) is 0 Å². The van der Waals surface area contributed by atoms with Crippen LogP contribution < -0.4 is 0 Å². The first-order valence-corrected chi connectivity index (χ1v) is 3.90. The summed E-state index contributed by atoms with van der Waals surface area (Å²) >= 11 is 0. The third-order valence-electron chi connectivity index (χ3n) is 2.27. The van der Waals surface area contributed by atoms with Gasteiger partial charge in [0.25, 0.3) is 0 Å². The zero-order chi connectivity index (χ0) is 8.27. The zero-order valence-electron chi connectivity index (χ0n) is 6.26. The molecule has 3 heteroatoms. The Bertz CT molecular complexity index is 162. The standard InChI is InChI=1S/C8H11F2N/c1-11-7-5-3-2-4-6(7)8(9)10/h6-8H,2-5H2. The van der Waals surface area contributed by atoms with Crippen molar-refractivity contribution in [2.75, 3.05) is 0 Å². The van der Waals surface area contributed by atoms with E-state index in [4.69, 9.17) is 6.57 Å². The van der Waals surface area contributed by atoms with Gasteiger partial charge in [0.15, 0.2) is 0 Å². The lowest BCUT2D eigenvalue weighted by Gasteiger charge is -2.21. The fourth-order valence-electron chi connectivity index (χ4n) is 1.59.